The lowest BCUT2D eigenvalue weighted by Gasteiger charge is -2.68. The van der Waals surface area contributed by atoms with E-state index in [4.69, 9.17) is 0 Å². The first-order valence-electron chi connectivity index (χ1n) is 19.2. The number of hydrogen-bond donors (Lipinski definition) is 3. The quantitative estimate of drug-likeness (QED) is 0.237. The largest absolute Gasteiger partial charge is 0.478 e. The van der Waals surface area contributed by atoms with Crippen LogP contribution in [0.15, 0.2) is 24.3 Å². The van der Waals surface area contributed by atoms with Crippen LogP contribution in [-0.2, 0) is 4.79 Å². The number of fused-ring (bicyclic) bond motifs is 7. The van der Waals surface area contributed by atoms with E-state index in [2.05, 4.69) is 44.0 Å². The number of benzene rings is 1. The van der Waals surface area contributed by atoms with Gasteiger partial charge < -0.3 is 20.4 Å². The second-order valence-electron chi connectivity index (χ2n) is 17.7. The Hall–Kier alpha value is -2.32. The third-order valence-electron chi connectivity index (χ3n) is 15.4. The maximum absolute atomic E-state index is 14.1. The number of aromatic carboxylic acids is 2. The molecule has 8 unspecified atom stereocenters. The maximum Gasteiger partial charge on any atom is 0.336 e. The summed E-state index contributed by atoms with van der Waals surface area (Å²) in [7, 11) is 0. The molecule has 7 nitrogen and oxygen atoms in total. The van der Waals surface area contributed by atoms with Gasteiger partial charge in [0, 0.05) is 31.1 Å². The zero-order chi connectivity index (χ0) is 34.8. The van der Waals surface area contributed by atoms with Gasteiger partial charge in [-0.2, -0.15) is 11.8 Å². The van der Waals surface area contributed by atoms with Crippen molar-refractivity contribution in [1.82, 2.24) is 10.2 Å². The zero-order valence-electron chi connectivity index (χ0n) is 30.2. The summed E-state index contributed by atoms with van der Waals surface area (Å²) < 4.78 is 0. The molecule has 0 spiro atoms. The highest BCUT2D eigenvalue weighted by Gasteiger charge is 2.66. The topological polar surface area (TPSA) is 107 Å². The van der Waals surface area contributed by atoms with E-state index < -0.39 is 11.9 Å². The second-order valence-corrected chi connectivity index (χ2v) is 18.9. The van der Waals surface area contributed by atoms with E-state index in [1.807, 2.05) is 17.8 Å². The summed E-state index contributed by atoms with van der Waals surface area (Å²) in [4.78, 5) is 40.4. The molecule has 0 bridgehead atoms. The van der Waals surface area contributed by atoms with Crippen molar-refractivity contribution in [3.63, 3.8) is 0 Å². The van der Waals surface area contributed by atoms with Gasteiger partial charge in [0.2, 0.25) is 5.91 Å². The minimum absolute atomic E-state index is 0.135. The molecule has 1 aromatic carbocycles. The average Bonchev–Trinajstić information content (AvgIpc) is 3.52. The van der Waals surface area contributed by atoms with Crippen LogP contribution >= 0.6 is 11.8 Å². The molecular formula is C41H58N2O5S. The Bertz CT molecular complexity index is 1520. The van der Waals surface area contributed by atoms with Gasteiger partial charge in [0.1, 0.15) is 0 Å². The molecule has 268 valence electrons. The van der Waals surface area contributed by atoms with Gasteiger partial charge in [-0.15, -0.1) is 0 Å². The van der Waals surface area contributed by atoms with E-state index in [1.54, 1.807) is 6.07 Å². The summed E-state index contributed by atoms with van der Waals surface area (Å²) in [5.74, 6) is 3.29. The van der Waals surface area contributed by atoms with Crippen LogP contribution in [0.4, 0.5) is 0 Å². The number of carboxylic acid groups (broad SMARTS) is 2. The number of carbonyl (C=O) groups is 3. The molecule has 5 aliphatic carbocycles. The zero-order valence-corrected chi connectivity index (χ0v) is 31.0. The van der Waals surface area contributed by atoms with Crippen molar-refractivity contribution in [2.24, 2.45) is 51.2 Å². The highest BCUT2D eigenvalue weighted by Crippen LogP contribution is 2.73. The Kier molecular flexibility index (Phi) is 9.33. The summed E-state index contributed by atoms with van der Waals surface area (Å²) in [5, 5.41) is 22.9. The van der Waals surface area contributed by atoms with Crippen LogP contribution in [0, 0.1) is 51.2 Å². The van der Waals surface area contributed by atoms with Gasteiger partial charge in [-0.1, -0.05) is 46.3 Å². The minimum atomic E-state index is -1.21. The van der Waals surface area contributed by atoms with E-state index in [9.17, 15) is 24.6 Å². The van der Waals surface area contributed by atoms with Gasteiger partial charge >= 0.3 is 11.9 Å². The van der Waals surface area contributed by atoms with Gasteiger partial charge in [-0.3, -0.25) is 4.79 Å². The lowest BCUT2D eigenvalue weighted by Crippen LogP contribution is -2.62. The van der Waals surface area contributed by atoms with Crippen molar-refractivity contribution in [2.45, 2.75) is 98.3 Å². The Morgan fingerprint density at radius 2 is 1.61 bits per heavy atom. The number of nitrogens with zero attached hydrogens (tertiary/aromatic N) is 1. The molecule has 49 heavy (non-hydrogen) atoms. The third-order valence-corrected chi connectivity index (χ3v) is 16.3. The fraction of sp³-hybridized carbons (Fsp3) is 0.732. The molecule has 5 fully saturated rings. The van der Waals surface area contributed by atoms with Crippen molar-refractivity contribution in [3.05, 3.63) is 41.0 Å². The molecule has 4 saturated carbocycles. The van der Waals surface area contributed by atoms with Crippen molar-refractivity contribution in [2.75, 3.05) is 37.7 Å². The molecule has 1 aromatic rings. The molecular weight excluding hydrogens is 633 g/mol. The summed E-state index contributed by atoms with van der Waals surface area (Å²) >= 11 is 2.05. The summed E-state index contributed by atoms with van der Waals surface area (Å²) in [6.07, 6.45) is 14.9. The van der Waals surface area contributed by atoms with Crippen LogP contribution in [0.3, 0.4) is 0 Å². The molecule has 3 N–H and O–H groups in total. The number of allylic oxidation sites excluding steroid dienone is 2. The van der Waals surface area contributed by atoms with Crippen LogP contribution in [0.25, 0.3) is 5.57 Å². The van der Waals surface area contributed by atoms with Gasteiger partial charge in [-0.05, 0) is 140 Å². The molecule has 1 amide bonds. The first-order valence-corrected chi connectivity index (χ1v) is 20.4. The number of nitrogens with one attached hydrogen (secondary N) is 1. The first kappa shape index (κ1) is 35.1. The van der Waals surface area contributed by atoms with Gasteiger partial charge in [0.25, 0.3) is 0 Å². The Morgan fingerprint density at radius 1 is 0.857 bits per heavy atom. The molecule has 7 rings (SSSR count). The fourth-order valence-corrected chi connectivity index (χ4v) is 14.3. The molecule has 1 saturated heterocycles. The van der Waals surface area contributed by atoms with Crippen LogP contribution < -0.4 is 5.32 Å². The molecule has 8 heteroatoms. The Balaban J connectivity index is 1.08. The summed E-state index contributed by atoms with van der Waals surface area (Å²) in [5.41, 5.74) is 1.73. The predicted octanol–water partition coefficient (Wildman–Crippen LogP) is 8.10. The van der Waals surface area contributed by atoms with Crippen LogP contribution in [0.1, 0.15) is 125 Å². The number of rotatable bonds is 8. The van der Waals surface area contributed by atoms with E-state index in [-0.39, 0.29) is 32.8 Å². The molecule has 6 aliphatic rings. The molecule has 1 aliphatic heterocycles. The molecule has 0 radical (unpaired) electrons. The maximum atomic E-state index is 14.1. The highest BCUT2D eigenvalue weighted by molar-refractivity contribution is 7.99. The van der Waals surface area contributed by atoms with Crippen molar-refractivity contribution >= 4 is 35.2 Å². The van der Waals surface area contributed by atoms with Gasteiger partial charge in [-0.25, -0.2) is 9.59 Å². The number of carbonyl (C=O) groups excluding carboxylic acids is 1. The van der Waals surface area contributed by atoms with Crippen LogP contribution in [0.5, 0.6) is 0 Å². The van der Waals surface area contributed by atoms with Crippen LogP contribution in [0.2, 0.25) is 0 Å². The van der Waals surface area contributed by atoms with Gasteiger partial charge in [0.05, 0.1) is 16.5 Å². The highest BCUT2D eigenvalue weighted by atomic mass is 32.2. The van der Waals surface area contributed by atoms with Crippen molar-refractivity contribution in [1.29, 1.82) is 0 Å². The Morgan fingerprint density at radius 3 is 2.35 bits per heavy atom. The van der Waals surface area contributed by atoms with E-state index in [1.165, 1.54) is 69.2 Å². The Labute approximate surface area is 297 Å². The average molecular weight is 691 g/mol. The van der Waals surface area contributed by atoms with Gasteiger partial charge in [0.15, 0.2) is 0 Å². The lowest BCUT2D eigenvalue weighted by molar-refractivity contribution is -0.181. The van der Waals surface area contributed by atoms with E-state index >= 15 is 0 Å². The standard InChI is InChI=1S/C41H58N2O5S/c1-38(2)30(26-8-9-27(35(44)45)29(25-26)36(46)47)12-16-40(4)33(38)14-17-39(3)31-13-18-41(15-5-7-32(41)28(31)10-11-34(39)40)37(48)42-19-6-20-43-21-23-49-24-22-43/h8-9,12,25,28,31-34H,5-7,10-11,13-24H2,1-4H3,(H,42,48)(H,44,45)(H,46,47). The summed E-state index contributed by atoms with van der Waals surface area (Å²) in [6, 6.07) is 4.86. The molecule has 1 heterocycles. The summed E-state index contributed by atoms with van der Waals surface area (Å²) in [6.45, 7) is 14.1. The van der Waals surface area contributed by atoms with Crippen molar-refractivity contribution in [3.8, 4) is 0 Å². The smallest absolute Gasteiger partial charge is 0.336 e. The van der Waals surface area contributed by atoms with Crippen LogP contribution in [-0.4, -0.2) is 70.6 Å². The number of carboxylic acids is 2. The van der Waals surface area contributed by atoms with E-state index in [0.717, 1.165) is 56.3 Å². The first-order chi connectivity index (χ1) is 23.3. The second kappa shape index (κ2) is 13.0. The number of amides is 1. The third kappa shape index (κ3) is 5.70. The minimum Gasteiger partial charge on any atom is -0.478 e. The predicted molar refractivity (Wildman–Crippen MR) is 196 cm³/mol. The monoisotopic (exact) mass is 690 g/mol. The SMILES string of the molecule is CC1(C)C(c2ccc(C(=O)O)c(C(=O)O)c2)=CCC2(C)C1CCC1(C)C3CCC4(C(=O)NCCCN5CCSCC5)CCCC4C3CCC12. The molecule has 8 atom stereocenters. The lowest BCUT2D eigenvalue weighted by atomic mass is 9.36. The van der Waals surface area contributed by atoms with Crippen molar-refractivity contribution < 1.29 is 24.6 Å². The number of thioether (sulfide) groups is 1. The number of hydrogen-bond acceptors (Lipinski definition) is 5. The normalized spacial score (nSPS) is 38.3. The fourth-order valence-electron chi connectivity index (χ4n) is 13.3. The van der Waals surface area contributed by atoms with E-state index in [0.29, 0.717) is 35.5 Å². The molecule has 0 aromatic heterocycles.